The SMILES string of the molecule is CCN1CCOC(CNc2cc(NN)ncn2)C1. The zero-order valence-electron chi connectivity index (χ0n) is 10.6. The van der Waals surface area contributed by atoms with Crippen LogP contribution in [-0.2, 0) is 4.74 Å². The quantitative estimate of drug-likeness (QED) is 0.498. The Balaban J connectivity index is 1.83. The van der Waals surface area contributed by atoms with Gasteiger partial charge in [-0.1, -0.05) is 6.92 Å². The molecule has 1 fully saturated rings. The second kappa shape index (κ2) is 6.48. The third kappa shape index (κ3) is 3.52. The molecule has 2 rings (SSSR count). The molecule has 1 aliphatic heterocycles. The third-order valence-corrected chi connectivity index (χ3v) is 3.00. The van der Waals surface area contributed by atoms with Crippen LogP contribution in [0, 0.1) is 0 Å². The van der Waals surface area contributed by atoms with Crippen LogP contribution in [0.5, 0.6) is 0 Å². The molecule has 1 saturated heterocycles. The van der Waals surface area contributed by atoms with Crippen LogP contribution in [0.25, 0.3) is 0 Å². The number of hydrogen-bond donors (Lipinski definition) is 3. The highest BCUT2D eigenvalue weighted by molar-refractivity contribution is 5.45. The van der Waals surface area contributed by atoms with E-state index in [0.717, 1.165) is 38.6 Å². The standard InChI is InChI=1S/C11H20N6O/c1-2-17-3-4-18-9(7-17)6-13-10-5-11(16-12)15-8-14-10/h5,8-9H,2-4,6-7,12H2,1H3,(H2,13,14,15,16). The Morgan fingerprint density at radius 2 is 2.33 bits per heavy atom. The molecule has 0 aromatic carbocycles. The lowest BCUT2D eigenvalue weighted by atomic mass is 10.2. The molecule has 0 aliphatic carbocycles. The van der Waals surface area contributed by atoms with Gasteiger partial charge in [-0.2, -0.15) is 0 Å². The summed E-state index contributed by atoms with van der Waals surface area (Å²) in [6.07, 6.45) is 1.67. The van der Waals surface area contributed by atoms with Crippen molar-refractivity contribution < 1.29 is 4.74 Å². The summed E-state index contributed by atoms with van der Waals surface area (Å²) >= 11 is 0. The first-order valence-electron chi connectivity index (χ1n) is 6.18. The highest BCUT2D eigenvalue weighted by atomic mass is 16.5. The summed E-state index contributed by atoms with van der Waals surface area (Å²) in [5.74, 6) is 6.63. The molecule has 7 heteroatoms. The molecule has 18 heavy (non-hydrogen) atoms. The molecule has 4 N–H and O–H groups in total. The first kappa shape index (κ1) is 13.0. The Hall–Kier alpha value is -1.44. The molecule has 7 nitrogen and oxygen atoms in total. The largest absolute Gasteiger partial charge is 0.374 e. The van der Waals surface area contributed by atoms with Crippen molar-refractivity contribution in [3.05, 3.63) is 12.4 Å². The minimum atomic E-state index is 0.197. The van der Waals surface area contributed by atoms with Crippen molar-refractivity contribution in [2.45, 2.75) is 13.0 Å². The molecule has 100 valence electrons. The van der Waals surface area contributed by atoms with Crippen LogP contribution in [0.15, 0.2) is 12.4 Å². The van der Waals surface area contributed by atoms with Crippen LogP contribution in [0.2, 0.25) is 0 Å². The summed E-state index contributed by atoms with van der Waals surface area (Å²) in [6.45, 7) is 6.73. The van der Waals surface area contributed by atoms with Crippen molar-refractivity contribution >= 4 is 11.6 Å². The third-order valence-electron chi connectivity index (χ3n) is 3.00. The molecule has 0 amide bonds. The van der Waals surface area contributed by atoms with Gasteiger partial charge in [-0.15, -0.1) is 0 Å². The molecule has 1 unspecified atom stereocenters. The van der Waals surface area contributed by atoms with Crippen molar-refractivity contribution in [1.29, 1.82) is 0 Å². The van der Waals surface area contributed by atoms with Gasteiger partial charge in [0.2, 0.25) is 0 Å². The van der Waals surface area contributed by atoms with Crippen molar-refractivity contribution in [3.63, 3.8) is 0 Å². The van der Waals surface area contributed by atoms with Gasteiger partial charge < -0.3 is 15.5 Å². The lowest BCUT2D eigenvalue weighted by Gasteiger charge is -2.32. The fourth-order valence-corrected chi connectivity index (χ4v) is 1.94. The lowest BCUT2D eigenvalue weighted by molar-refractivity contribution is -0.0192. The molecule has 0 spiro atoms. The molecular weight excluding hydrogens is 232 g/mol. The number of nitrogens with zero attached hydrogens (tertiary/aromatic N) is 3. The smallest absolute Gasteiger partial charge is 0.145 e. The van der Waals surface area contributed by atoms with Gasteiger partial charge in [0.1, 0.15) is 18.0 Å². The Morgan fingerprint density at radius 3 is 3.11 bits per heavy atom. The molecule has 0 radical (unpaired) electrons. The second-order valence-electron chi connectivity index (χ2n) is 4.20. The van der Waals surface area contributed by atoms with Gasteiger partial charge in [-0.3, -0.25) is 4.90 Å². The number of morpholine rings is 1. The molecule has 0 saturated carbocycles. The van der Waals surface area contributed by atoms with Crippen LogP contribution in [0.4, 0.5) is 11.6 Å². The van der Waals surface area contributed by atoms with Crippen LogP contribution in [0.3, 0.4) is 0 Å². The normalized spacial score (nSPS) is 20.7. The topological polar surface area (TPSA) is 88.3 Å². The van der Waals surface area contributed by atoms with Gasteiger partial charge in [0.15, 0.2) is 0 Å². The number of anilines is 2. The van der Waals surface area contributed by atoms with E-state index in [0.29, 0.717) is 5.82 Å². The van der Waals surface area contributed by atoms with Gasteiger partial charge in [0, 0.05) is 25.7 Å². The second-order valence-corrected chi connectivity index (χ2v) is 4.20. The van der Waals surface area contributed by atoms with Gasteiger partial charge in [-0.25, -0.2) is 15.8 Å². The lowest BCUT2D eigenvalue weighted by Crippen LogP contribution is -2.45. The molecule has 0 bridgehead atoms. The number of rotatable bonds is 5. The van der Waals surface area contributed by atoms with Crippen molar-refractivity contribution in [2.24, 2.45) is 5.84 Å². The van der Waals surface area contributed by atoms with E-state index in [-0.39, 0.29) is 6.10 Å². The number of aromatic nitrogens is 2. The average molecular weight is 252 g/mol. The summed E-state index contributed by atoms with van der Waals surface area (Å²) < 4.78 is 5.70. The van der Waals surface area contributed by atoms with Gasteiger partial charge in [0.05, 0.1) is 12.7 Å². The highest BCUT2D eigenvalue weighted by Gasteiger charge is 2.18. The van der Waals surface area contributed by atoms with Gasteiger partial charge >= 0.3 is 0 Å². The van der Waals surface area contributed by atoms with Crippen molar-refractivity contribution in [2.75, 3.05) is 43.5 Å². The zero-order valence-corrected chi connectivity index (χ0v) is 10.6. The summed E-state index contributed by atoms with van der Waals surface area (Å²) in [6, 6.07) is 1.76. The first-order chi connectivity index (χ1) is 8.81. The van der Waals surface area contributed by atoms with E-state index in [1.54, 1.807) is 6.07 Å². The zero-order chi connectivity index (χ0) is 12.8. The van der Waals surface area contributed by atoms with E-state index >= 15 is 0 Å². The van der Waals surface area contributed by atoms with E-state index in [1.807, 2.05) is 0 Å². The molecule has 1 aliphatic rings. The fourth-order valence-electron chi connectivity index (χ4n) is 1.94. The summed E-state index contributed by atoms with van der Waals surface area (Å²) in [5.41, 5.74) is 2.49. The maximum absolute atomic E-state index is 5.70. The van der Waals surface area contributed by atoms with E-state index < -0.39 is 0 Å². The maximum atomic E-state index is 5.70. The first-order valence-corrected chi connectivity index (χ1v) is 6.18. The summed E-state index contributed by atoms with van der Waals surface area (Å²) in [4.78, 5) is 10.5. The Kier molecular flexibility index (Phi) is 4.68. The molecule has 1 atom stereocenters. The van der Waals surface area contributed by atoms with E-state index in [2.05, 4.69) is 32.5 Å². The number of nitrogen functional groups attached to an aromatic ring is 1. The van der Waals surface area contributed by atoms with Crippen molar-refractivity contribution in [3.8, 4) is 0 Å². The number of nitrogens with one attached hydrogen (secondary N) is 2. The predicted octanol–water partition coefficient (Wildman–Crippen LogP) is -0.105. The predicted molar refractivity (Wildman–Crippen MR) is 70.2 cm³/mol. The Labute approximate surface area is 107 Å². The highest BCUT2D eigenvalue weighted by Crippen LogP contribution is 2.09. The number of hydrogen-bond acceptors (Lipinski definition) is 7. The van der Waals surface area contributed by atoms with Gasteiger partial charge in [-0.05, 0) is 6.54 Å². The number of likely N-dealkylation sites (N-methyl/N-ethyl adjacent to an activating group) is 1. The van der Waals surface area contributed by atoms with Crippen LogP contribution in [-0.4, -0.2) is 53.8 Å². The minimum absolute atomic E-state index is 0.197. The van der Waals surface area contributed by atoms with Crippen LogP contribution < -0.4 is 16.6 Å². The van der Waals surface area contributed by atoms with E-state index in [4.69, 9.17) is 10.6 Å². The Bertz CT molecular complexity index is 374. The number of ether oxygens (including phenoxy) is 1. The van der Waals surface area contributed by atoms with E-state index in [9.17, 15) is 0 Å². The monoisotopic (exact) mass is 252 g/mol. The molecular formula is C11H20N6O. The Morgan fingerprint density at radius 1 is 1.50 bits per heavy atom. The fraction of sp³-hybridized carbons (Fsp3) is 0.636. The van der Waals surface area contributed by atoms with Gasteiger partial charge in [0.25, 0.3) is 0 Å². The minimum Gasteiger partial charge on any atom is -0.374 e. The molecule has 1 aromatic rings. The molecule has 2 heterocycles. The number of hydrazine groups is 1. The number of nitrogens with two attached hydrogens (primary N) is 1. The van der Waals surface area contributed by atoms with Crippen LogP contribution in [0.1, 0.15) is 6.92 Å². The van der Waals surface area contributed by atoms with Crippen LogP contribution >= 0.6 is 0 Å². The maximum Gasteiger partial charge on any atom is 0.145 e. The van der Waals surface area contributed by atoms with E-state index in [1.165, 1.54) is 6.33 Å². The summed E-state index contributed by atoms with van der Waals surface area (Å²) in [5, 5.41) is 3.24. The average Bonchev–Trinajstić information content (AvgIpc) is 2.45. The summed E-state index contributed by atoms with van der Waals surface area (Å²) in [7, 11) is 0. The van der Waals surface area contributed by atoms with Crippen molar-refractivity contribution in [1.82, 2.24) is 14.9 Å². The molecule has 1 aromatic heterocycles.